The van der Waals surface area contributed by atoms with E-state index in [9.17, 15) is 4.39 Å². The smallest absolute Gasteiger partial charge is 0.141 e. The second-order valence-electron chi connectivity index (χ2n) is 4.49. The summed E-state index contributed by atoms with van der Waals surface area (Å²) in [5.41, 5.74) is 7.40. The van der Waals surface area contributed by atoms with Crippen molar-refractivity contribution in [2.45, 2.75) is 19.9 Å². The second-order valence-corrected chi connectivity index (χ2v) is 5.35. The van der Waals surface area contributed by atoms with Crippen molar-refractivity contribution in [3.8, 4) is 11.5 Å². The van der Waals surface area contributed by atoms with Gasteiger partial charge in [-0.15, -0.1) is 0 Å². The molecule has 1 atom stereocenters. The molecule has 100 valence electrons. The summed E-state index contributed by atoms with van der Waals surface area (Å²) in [5, 5.41) is 0. The highest BCUT2D eigenvalue weighted by atomic mass is 79.9. The van der Waals surface area contributed by atoms with E-state index in [0.29, 0.717) is 17.1 Å². The van der Waals surface area contributed by atoms with Crippen LogP contribution in [0.3, 0.4) is 0 Å². The van der Waals surface area contributed by atoms with Gasteiger partial charge in [-0.25, -0.2) is 4.39 Å². The predicted molar refractivity (Wildman–Crippen MR) is 78.0 cm³/mol. The zero-order chi connectivity index (χ0) is 14.0. The molecule has 2 N–H and O–H groups in total. The van der Waals surface area contributed by atoms with E-state index in [1.807, 2.05) is 25.1 Å². The molecule has 0 radical (unpaired) electrons. The molecule has 0 spiro atoms. The molecule has 0 aliphatic carbocycles. The summed E-state index contributed by atoms with van der Waals surface area (Å²) in [6.45, 7) is 3.63. The van der Waals surface area contributed by atoms with Gasteiger partial charge in [-0.3, -0.25) is 0 Å². The van der Waals surface area contributed by atoms with Gasteiger partial charge in [0.2, 0.25) is 0 Å². The minimum absolute atomic E-state index is 0.0292. The van der Waals surface area contributed by atoms with Crippen molar-refractivity contribution in [2.24, 2.45) is 5.73 Å². The van der Waals surface area contributed by atoms with Gasteiger partial charge < -0.3 is 10.5 Å². The largest absolute Gasteiger partial charge is 0.456 e. The summed E-state index contributed by atoms with van der Waals surface area (Å²) in [5.74, 6) is 1.04. The Hall–Kier alpha value is -1.39. The van der Waals surface area contributed by atoms with Crippen LogP contribution in [0.1, 0.15) is 24.1 Å². The third kappa shape index (κ3) is 3.33. The van der Waals surface area contributed by atoms with Gasteiger partial charge in [0.05, 0.1) is 4.47 Å². The van der Waals surface area contributed by atoms with E-state index in [1.54, 1.807) is 19.1 Å². The number of benzene rings is 2. The molecular formula is C15H15BrFNO. The lowest BCUT2D eigenvalue weighted by Gasteiger charge is -2.11. The molecule has 19 heavy (non-hydrogen) atoms. The highest BCUT2D eigenvalue weighted by molar-refractivity contribution is 9.10. The van der Waals surface area contributed by atoms with Gasteiger partial charge in [-0.05, 0) is 71.2 Å². The number of hydrogen-bond donors (Lipinski definition) is 1. The standard InChI is InChI=1S/C15H15BrFNO/c1-9-7-12(4-5-14(9)17)19-15-6-3-11(10(2)18)8-13(15)16/h3-8,10H,18H2,1-2H3/t10-/m1/s1. The predicted octanol–water partition coefficient (Wildman–Crippen LogP) is 4.71. The van der Waals surface area contributed by atoms with Crippen molar-refractivity contribution >= 4 is 15.9 Å². The van der Waals surface area contributed by atoms with Crippen molar-refractivity contribution in [3.05, 3.63) is 57.8 Å². The number of aryl methyl sites for hydroxylation is 1. The van der Waals surface area contributed by atoms with E-state index in [2.05, 4.69) is 15.9 Å². The minimum Gasteiger partial charge on any atom is -0.456 e. The Morgan fingerprint density at radius 1 is 1.21 bits per heavy atom. The zero-order valence-corrected chi connectivity index (χ0v) is 12.4. The highest BCUT2D eigenvalue weighted by Gasteiger charge is 2.07. The van der Waals surface area contributed by atoms with Crippen molar-refractivity contribution < 1.29 is 9.13 Å². The SMILES string of the molecule is Cc1cc(Oc2ccc([C@@H](C)N)cc2Br)ccc1F. The van der Waals surface area contributed by atoms with Gasteiger partial charge in [0.25, 0.3) is 0 Å². The van der Waals surface area contributed by atoms with Gasteiger partial charge in [-0.2, -0.15) is 0 Å². The average Bonchev–Trinajstić information content (AvgIpc) is 2.36. The van der Waals surface area contributed by atoms with E-state index in [1.165, 1.54) is 6.07 Å². The molecule has 2 rings (SSSR count). The first-order chi connectivity index (χ1) is 8.97. The maximum Gasteiger partial charge on any atom is 0.141 e. The molecule has 2 aromatic carbocycles. The number of halogens is 2. The molecule has 0 bridgehead atoms. The van der Waals surface area contributed by atoms with Gasteiger partial charge in [0.1, 0.15) is 17.3 Å². The average molecular weight is 324 g/mol. The highest BCUT2D eigenvalue weighted by Crippen LogP contribution is 2.32. The van der Waals surface area contributed by atoms with E-state index in [0.717, 1.165) is 10.0 Å². The third-order valence-corrected chi connectivity index (χ3v) is 3.46. The lowest BCUT2D eigenvalue weighted by molar-refractivity contribution is 0.476. The van der Waals surface area contributed by atoms with E-state index < -0.39 is 0 Å². The molecule has 0 fully saturated rings. The third-order valence-electron chi connectivity index (χ3n) is 2.84. The first kappa shape index (κ1) is 14.0. The minimum atomic E-state index is -0.237. The van der Waals surface area contributed by atoms with E-state index in [-0.39, 0.29) is 11.9 Å². The summed E-state index contributed by atoms with van der Waals surface area (Å²) >= 11 is 3.45. The van der Waals surface area contributed by atoms with Crippen LogP contribution < -0.4 is 10.5 Å². The maximum atomic E-state index is 13.2. The molecule has 2 nitrogen and oxygen atoms in total. The molecule has 4 heteroatoms. The van der Waals surface area contributed by atoms with Crippen LogP contribution in [-0.2, 0) is 0 Å². The molecule has 0 saturated carbocycles. The zero-order valence-electron chi connectivity index (χ0n) is 10.8. The fourth-order valence-electron chi connectivity index (χ4n) is 1.69. The van der Waals surface area contributed by atoms with Crippen LogP contribution in [0.15, 0.2) is 40.9 Å². The lowest BCUT2D eigenvalue weighted by Crippen LogP contribution is -2.04. The Bertz CT molecular complexity index is 599. The first-order valence-electron chi connectivity index (χ1n) is 5.96. The quantitative estimate of drug-likeness (QED) is 0.887. The van der Waals surface area contributed by atoms with Crippen LogP contribution in [0.25, 0.3) is 0 Å². The lowest BCUT2D eigenvalue weighted by atomic mass is 10.1. The Morgan fingerprint density at radius 2 is 1.95 bits per heavy atom. The number of rotatable bonds is 3. The number of nitrogens with two attached hydrogens (primary N) is 1. The van der Waals surface area contributed by atoms with Crippen molar-refractivity contribution in [3.63, 3.8) is 0 Å². The van der Waals surface area contributed by atoms with Gasteiger partial charge in [0.15, 0.2) is 0 Å². The monoisotopic (exact) mass is 323 g/mol. The summed E-state index contributed by atoms with van der Waals surface area (Å²) in [7, 11) is 0. The van der Waals surface area contributed by atoms with Crippen molar-refractivity contribution in [2.75, 3.05) is 0 Å². The molecule has 0 unspecified atom stereocenters. The summed E-state index contributed by atoms with van der Waals surface area (Å²) < 4.78 is 19.7. The normalized spacial score (nSPS) is 12.3. The van der Waals surface area contributed by atoms with Crippen LogP contribution >= 0.6 is 15.9 Å². The molecule has 2 aromatic rings. The molecular weight excluding hydrogens is 309 g/mol. The van der Waals surface area contributed by atoms with Gasteiger partial charge in [-0.1, -0.05) is 6.07 Å². The molecule has 0 aliphatic heterocycles. The number of hydrogen-bond acceptors (Lipinski definition) is 2. The Labute approximate surface area is 120 Å². The fraction of sp³-hybridized carbons (Fsp3) is 0.200. The van der Waals surface area contributed by atoms with Crippen LogP contribution in [0.5, 0.6) is 11.5 Å². The van der Waals surface area contributed by atoms with Crippen LogP contribution in [0, 0.1) is 12.7 Å². The second kappa shape index (κ2) is 5.72. The summed E-state index contributed by atoms with van der Waals surface area (Å²) in [6, 6.07) is 10.3. The van der Waals surface area contributed by atoms with Crippen molar-refractivity contribution in [1.29, 1.82) is 0 Å². The number of ether oxygens (including phenoxy) is 1. The van der Waals surface area contributed by atoms with Crippen LogP contribution in [0.4, 0.5) is 4.39 Å². The molecule has 0 heterocycles. The Kier molecular flexibility index (Phi) is 4.22. The summed E-state index contributed by atoms with van der Waals surface area (Å²) in [6.07, 6.45) is 0. The maximum absolute atomic E-state index is 13.2. The molecule has 0 saturated heterocycles. The van der Waals surface area contributed by atoms with Crippen molar-refractivity contribution in [1.82, 2.24) is 0 Å². The van der Waals surface area contributed by atoms with E-state index in [4.69, 9.17) is 10.5 Å². The first-order valence-corrected chi connectivity index (χ1v) is 6.75. The van der Waals surface area contributed by atoms with Gasteiger partial charge in [0, 0.05) is 6.04 Å². The Morgan fingerprint density at radius 3 is 2.53 bits per heavy atom. The molecule has 0 aliphatic rings. The Balaban J connectivity index is 2.25. The van der Waals surface area contributed by atoms with E-state index >= 15 is 0 Å². The molecule has 0 aromatic heterocycles. The molecule has 0 amide bonds. The van der Waals surface area contributed by atoms with Crippen LogP contribution in [-0.4, -0.2) is 0 Å². The van der Waals surface area contributed by atoms with Crippen LogP contribution in [0.2, 0.25) is 0 Å². The fourth-order valence-corrected chi connectivity index (χ4v) is 2.17. The topological polar surface area (TPSA) is 35.2 Å². The van der Waals surface area contributed by atoms with Gasteiger partial charge >= 0.3 is 0 Å². The summed E-state index contributed by atoms with van der Waals surface area (Å²) in [4.78, 5) is 0.